The van der Waals surface area contributed by atoms with E-state index < -0.39 is 0 Å². The van der Waals surface area contributed by atoms with E-state index in [9.17, 15) is 4.79 Å². The quantitative estimate of drug-likeness (QED) is 0.589. The van der Waals surface area contributed by atoms with Crippen LogP contribution >= 0.6 is 11.8 Å². The molecule has 3 rings (SSSR count). The molecule has 1 unspecified atom stereocenters. The molecule has 0 fully saturated rings. The van der Waals surface area contributed by atoms with E-state index in [1.54, 1.807) is 31.4 Å². The summed E-state index contributed by atoms with van der Waals surface area (Å²) in [5.74, 6) is 1.65. The minimum Gasteiger partial charge on any atom is -0.497 e. The maximum atomic E-state index is 12.1. The van der Waals surface area contributed by atoms with Gasteiger partial charge >= 0.3 is 0 Å². The lowest BCUT2D eigenvalue weighted by molar-refractivity contribution is -0.113. The first kappa shape index (κ1) is 19.0. The van der Waals surface area contributed by atoms with E-state index in [2.05, 4.69) is 34.6 Å². The van der Waals surface area contributed by atoms with Gasteiger partial charge in [-0.25, -0.2) is 0 Å². The van der Waals surface area contributed by atoms with Gasteiger partial charge in [-0.15, -0.1) is 10.2 Å². The van der Waals surface area contributed by atoms with Crippen molar-refractivity contribution >= 4 is 23.4 Å². The van der Waals surface area contributed by atoms with Crippen molar-refractivity contribution in [1.29, 1.82) is 0 Å². The van der Waals surface area contributed by atoms with E-state index in [0.29, 0.717) is 23.2 Å². The fourth-order valence-electron chi connectivity index (χ4n) is 2.54. The first-order chi connectivity index (χ1) is 13.1. The van der Waals surface area contributed by atoms with Gasteiger partial charge in [-0.2, -0.15) is 0 Å². The molecule has 1 atom stereocenters. The molecule has 1 heterocycles. The molecule has 140 valence electrons. The van der Waals surface area contributed by atoms with Crippen LogP contribution in [0.3, 0.4) is 0 Å². The van der Waals surface area contributed by atoms with Gasteiger partial charge in [0.2, 0.25) is 11.8 Å². The fourth-order valence-corrected chi connectivity index (χ4v) is 3.12. The molecule has 0 aliphatic carbocycles. The highest BCUT2D eigenvalue weighted by molar-refractivity contribution is 7.99. The first-order valence-electron chi connectivity index (χ1n) is 8.58. The monoisotopic (exact) mass is 383 g/mol. The average Bonchev–Trinajstić information content (AvgIpc) is 3.15. The molecule has 0 saturated heterocycles. The third kappa shape index (κ3) is 5.59. The van der Waals surface area contributed by atoms with Gasteiger partial charge in [0.15, 0.2) is 0 Å². The molecule has 6 nitrogen and oxygen atoms in total. The Bertz CT molecular complexity index is 866. The Morgan fingerprint density at radius 1 is 1.15 bits per heavy atom. The normalized spacial score (nSPS) is 11.8. The fraction of sp³-hybridized carbons (Fsp3) is 0.250. The van der Waals surface area contributed by atoms with Crippen LogP contribution in [0.25, 0.3) is 0 Å². The summed E-state index contributed by atoms with van der Waals surface area (Å²) in [7, 11) is 1.60. The Balaban J connectivity index is 1.48. The summed E-state index contributed by atoms with van der Waals surface area (Å²) in [4.78, 5) is 12.1. The smallest absolute Gasteiger partial charge is 0.277 e. The highest BCUT2D eigenvalue weighted by Crippen LogP contribution is 2.22. The molecule has 0 aliphatic heterocycles. The Morgan fingerprint density at radius 3 is 2.59 bits per heavy atom. The molecule has 1 N–H and O–H groups in total. The van der Waals surface area contributed by atoms with Crippen molar-refractivity contribution in [3.05, 3.63) is 66.1 Å². The predicted octanol–water partition coefficient (Wildman–Crippen LogP) is 4.16. The maximum Gasteiger partial charge on any atom is 0.277 e. The number of nitrogens with one attached hydrogen (secondary N) is 1. The Hall–Kier alpha value is -2.80. The highest BCUT2D eigenvalue weighted by atomic mass is 32.2. The molecule has 1 amide bonds. The molecule has 7 heteroatoms. The molecule has 2 aromatic carbocycles. The van der Waals surface area contributed by atoms with Gasteiger partial charge in [0.05, 0.1) is 12.9 Å². The van der Waals surface area contributed by atoms with Gasteiger partial charge in [0.25, 0.3) is 5.22 Å². The number of ether oxygens (including phenoxy) is 1. The number of benzene rings is 2. The second-order valence-corrected chi connectivity index (χ2v) is 6.97. The number of carbonyl (C=O) groups is 1. The van der Waals surface area contributed by atoms with Gasteiger partial charge in [-0.05, 0) is 35.7 Å². The van der Waals surface area contributed by atoms with Crippen LogP contribution < -0.4 is 10.1 Å². The standard InChI is InChI=1S/C20H21N3O3S/c1-14(15-6-4-3-5-7-15)12-19-22-23-20(26-19)27-13-18(24)21-16-8-10-17(25-2)11-9-16/h3-11,14H,12-13H2,1-2H3,(H,21,24). The van der Waals surface area contributed by atoms with Crippen molar-refractivity contribution in [1.82, 2.24) is 10.2 Å². The lowest BCUT2D eigenvalue weighted by atomic mass is 9.98. The average molecular weight is 383 g/mol. The van der Waals surface area contributed by atoms with Crippen LogP contribution in [0.1, 0.15) is 24.3 Å². The second-order valence-electron chi connectivity index (χ2n) is 6.04. The number of hydrogen-bond donors (Lipinski definition) is 1. The van der Waals surface area contributed by atoms with Crippen molar-refractivity contribution in [3.63, 3.8) is 0 Å². The zero-order valence-corrected chi connectivity index (χ0v) is 16.0. The largest absolute Gasteiger partial charge is 0.497 e. The Kier molecular flexibility index (Phi) is 6.49. The van der Waals surface area contributed by atoms with Crippen molar-refractivity contribution in [2.24, 2.45) is 0 Å². The summed E-state index contributed by atoms with van der Waals surface area (Å²) in [6.07, 6.45) is 0.662. The van der Waals surface area contributed by atoms with Gasteiger partial charge in [0.1, 0.15) is 5.75 Å². The van der Waals surface area contributed by atoms with Crippen LogP contribution in [0, 0.1) is 0 Å². The summed E-state index contributed by atoms with van der Waals surface area (Å²) in [5, 5.41) is 11.3. The SMILES string of the molecule is COc1ccc(NC(=O)CSc2nnc(CC(C)c3ccccc3)o2)cc1. The molecule has 27 heavy (non-hydrogen) atoms. The number of nitrogens with zero attached hydrogens (tertiary/aromatic N) is 2. The third-order valence-electron chi connectivity index (χ3n) is 4.00. The molecule has 3 aromatic rings. The lowest BCUT2D eigenvalue weighted by Crippen LogP contribution is -2.13. The van der Waals surface area contributed by atoms with Crippen LogP contribution in [0.4, 0.5) is 5.69 Å². The van der Waals surface area contributed by atoms with Gasteiger partial charge < -0.3 is 14.5 Å². The zero-order valence-electron chi connectivity index (χ0n) is 15.2. The summed E-state index contributed by atoms with van der Waals surface area (Å²) >= 11 is 1.22. The van der Waals surface area contributed by atoms with E-state index in [1.807, 2.05) is 18.2 Å². The summed E-state index contributed by atoms with van der Waals surface area (Å²) < 4.78 is 10.7. The first-order valence-corrected chi connectivity index (χ1v) is 9.56. The van der Waals surface area contributed by atoms with Crippen molar-refractivity contribution in [2.45, 2.75) is 24.5 Å². The van der Waals surface area contributed by atoms with Crippen LogP contribution in [-0.2, 0) is 11.2 Å². The maximum absolute atomic E-state index is 12.1. The Labute approximate surface area is 162 Å². The second kappa shape index (κ2) is 9.23. The molecule has 0 radical (unpaired) electrons. The number of aromatic nitrogens is 2. The summed E-state index contributed by atoms with van der Waals surface area (Å²) in [6, 6.07) is 17.4. The van der Waals surface area contributed by atoms with E-state index in [1.165, 1.54) is 17.3 Å². The molecule has 0 bridgehead atoms. The van der Waals surface area contributed by atoms with Gasteiger partial charge in [0, 0.05) is 12.1 Å². The van der Waals surface area contributed by atoms with E-state index in [-0.39, 0.29) is 17.6 Å². The zero-order chi connectivity index (χ0) is 19.1. The molecule has 0 saturated carbocycles. The number of anilines is 1. The number of methoxy groups -OCH3 is 1. The van der Waals surface area contributed by atoms with Crippen molar-refractivity contribution < 1.29 is 13.9 Å². The van der Waals surface area contributed by atoms with Crippen LogP contribution in [0.5, 0.6) is 5.75 Å². The number of amides is 1. The molecular weight excluding hydrogens is 362 g/mol. The number of thioether (sulfide) groups is 1. The molecule has 0 spiro atoms. The van der Waals surface area contributed by atoms with Crippen molar-refractivity contribution in [3.8, 4) is 5.75 Å². The summed E-state index contributed by atoms with van der Waals surface area (Å²) in [5.41, 5.74) is 1.94. The van der Waals surface area contributed by atoms with Crippen LogP contribution in [0.2, 0.25) is 0 Å². The Morgan fingerprint density at radius 2 is 1.89 bits per heavy atom. The third-order valence-corrected chi connectivity index (χ3v) is 4.82. The van der Waals surface area contributed by atoms with Gasteiger partial charge in [-0.1, -0.05) is 49.0 Å². The van der Waals surface area contributed by atoms with E-state index >= 15 is 0 Å². The molecular formula is C20H21N3O3S. The number of rotatable bonds is 8. The van der Waals surface area contributed by atoms with Gasteiger partial charge in [-0.3, -0.25) is 4.79 Å². The lowest BCUT2D eigenvalue weighted by Gasteiger charge is -2.08. The molecule has 0 aliphatic rings. The van der Waals surface area contributed by atoms with Crippen LogP contribution in [0.15, 0.2) is 64.2 Å². The van der Waals surface area contributed by atoms with Crippen molar-refractivity contribution in [2.75, 3.05) is 18.2 Å². The molecule has 1 aromatic heterocycles. The van der Waals surface area contributed by atoms with E-state index in [4.69, 9.17) is 9.15 Å². The topological polar surface area (TPSA) is 77.2 Å². The summed E-state index contributed by atoms with van der Waals surface area (Å²) in [6.45, 7) is 2.12. The predicted molar refractivity (Wildman–Crippen MR) is 105 cm³/mol. The highest BCUT2D eigenvalue weighted by Gasteiger charge is 2.14. The number of carbonyl (C=O) groups excluding carboxylic acids is 1. The minimum atomic E-state index is -0.137. The van der Waals surface area contributed by atoms with Crippen LogP contribution in [-0.4, -0.2) is 29.0 Å². The van der Waals surface area contributed by atoms with E-state index in [0.717, 1.165) is 5.75 Å². The number of hydrogen-bond acceptors (Lipinski definition) is 6. The minimum absolute atomic E-state index is 0.137.